The zero-order valence-corrected chi connectivity index (χ0v) is 19.6. The molecule has 0 bridgehead atoms. The SMILES string of the molecule is CC(c1ccccc1)N1CCC(NS(=O)(=O)c2ccc(NCc3cccc([N+](=O)[O-])c3)nc2)C1. The van der Waals surface area contributed by atoms with Crippen molar-refractivity contribution >= 4 is 21.5 Å². The molecule has 0 saturated carbocycles. The first-order valence-corrected chi connectivity index (χ1v) is 12.5. The fourth-order valence-corrected chi connectivity index (χ4v) is 5.29. The van der Waals surface area contributed by atoms with Gasteiger partial charge in [0.2, 0.25) is 10.0 Å². The van der Waals surface area contributed by atoms with Crippen LogP contribution in [-0.4, -0.2) is 42.4 Å². The van der Waals surface area contributed by atoms with Crippen molar-refractivity contribution in [1.29, 1.82) is 0 Å². The molecule has 4 rings (SSSR count). The topological polar surface area (TPSA) is 117 Å². The van der Waals surface area contributed by atoms with Crippen LogP contribution in [0.5, 0.6) is 0 Å². The minimum atomic E-state index is -3.70. The number of non-ortho nitro benzene ring substituents is 1. The molecule has 2 atom stereocenters. The first-order chi connectivity index (χ1) is 16.3. The third-order valence-electron chi connectivity index (χ3n) is 6.01. The minimum Gasteiger partial charge on any atom is -0.366 e. The first kappa shape index (κ1) is 23.8. The van der Waals surface area contributed by atoms with Crippen LogP contribution in [0.3, 0.4) is 0 Å². The van der Waals surface area contributed by atoms with Crippen LogP contribution in [0.15, 0.2) is 77.8 Å². The average molecular weight is 482 g/mol. The second kappa shape index (κ2) is 10.3. The van der Waals surface area contributed by atoms with Crippen molar-refractivity contribution in [3.05, 3.63) is 94.2 Å². The molecule has 0 aliphatic carbocycles. The highest BCUT2D eigenvalue weighted by Crippen LogP contribution is 2.25. The Morgan fingerprint density at radius 3 is 2.65 bits per heavy atom. The van der Waals surface area contributed by atoms with Gasteiger partial charge >= 0.3 is 0 Å². The fraction of sp³-hybridized carbons (Fsp3) is 0.292. The Bertz CT molecular complexity index is 1240. The molecule has 2 heterocycles. The van der Waals surface area contributed by atoms with E-state index in [9.17, 15) is 18.5 Å². The van der Waals surface area contributed by atoms with Gasteiger partial charge in [0.15, 0.2) is 0 Å². The number of nitro groups is 1. The molecule has 34 heavy (non-hydrogen) atoms. The standard InChI is InChI=1S/C24H27N5O4S/c1-18(20-7-3-2-4-8-20)28-13-12-21(17-28)27-34(32,33)23-10-11-24(26-16-23)25-15-19-6-5-9-22(14-19)29(30)31/h2-11,14,16,18,21,27H,12-13,15,17H2,1H3,(H,25,26). The van der Waals surface area contributed by atoms with Crippen LogP contribution in [0, 0.1) is 10.1 Å². The highest BCUT2D eigenvalue weighted by atomic mass is 32.2. The maximum Gasteiger partial charge on any atom is 0.269 e. The van der Waals surface area contributed by atoms with Gasteiger partial charge in [0.1, 0.15) is 10.7 Å². The fourth-order valence-electron chi connectivity index (χ4n) is 4.08. The van der Waals surface area contributed by atoms with Gasteiger partial charge in [-0.1, -0.05) is 42.5 Å². The maximum atomic E-state index is 12.9. The predicted molar refractivity (Wildman–Crippen MR) is 130 cm³/mol. The van der Waals surface area contributed by atoms with E-state index < -0.39 is 14.9 Å². The van der Waals surface area contributed by atoms with E-state index in [2.05, 4.69) is 39.0 Å². The zero-order chi connectivity index (χ0) is 24.1. The quantitative estimate of drug-likeness (QED) is 0.353. The molecule has 0 radical (unpaired) electrons. The molecular formula is C24H27N5O4S. The summed E-state index contributed by atoms with van der Waals surface area (Å²) in [4.78, 5) is 17.0. The van der Waals surface area contributed by atoms with Crippen LogP contribution in [0.25, 0.3) is 0 Å². The van der Waals surface area contributed by atoms with Crippen LogP contribution in [0.2, 0.25) is 0 Å². The van der Waals surface area contributed by atoms with Crippen molar-refractivity contribution in [2.24, 2.45) is 0 Å². The van der Waals surface area contributed by atoms with Crippen LogP contribution < -0.4 is 10.0 Å². The van der Waals surface area contributed by atoms with E-state index >= 15 is 0 Å². The third-order valence-corrected chi connectivity index (χ3v) is 7.52. The molecule has 0 spiro atoms. The number of pyridine rings is 1. The van der Waals surface area contributed by atoms with E-state index in [0.29, 0.717) is 18.9 Å². The number of aromatic nitrogens is 1. The van der Waals surface area contributed by atoms with Crippen LogP contribution in [-0.2, 0) is 16.6 Å². The highest BCUT2D eigenvalue weighted by molar-refractivity contribution is 7.89. The van der Waals surface area contributed by atoms with Crippen molar-refractivity contribution in [3.8, 4) is 0 Å². The lowest BCUT2D eigenvalue weighted by Crippen LogP contribution is -2.37. The van der Waals surface area contributed by atoms with E-state index in [1.807, 2.05) is 18.2 Å². The Hall–Kier alpha value is -3.34. The number of sulfonamides is 1. The summed E-state index contributed by atoms with van der Waals surface area (Å²) in [5.41, 5.74) is 1.96. The van der Waals surface area contributed by atoms with Gasteiger partial charge in [-0.3, -0.25) is 15.0 Å². The first-order valence-electron chi connectivity index (χ1n) is 11.1. The summed E-state index contributed by atoms with van der Waals surface area (Å²) in [6, 6.07) is 19.6. The summed E-state index contributed by atoms with van der Waals surface area (Å²) in [6.07, 6.45) is 2.06. The number of hydrogen-bond acceptors (Lipinski definition) is 7. The number of hydrogen-bond donors (Lipinski definition) is 2. The maximum absolute atomic E-state index is 12.9. The largest absolute Gasteiger partial charge is 0.366 e. The average Bonchev–Trinajstić information content (AvgIpc) is 3.31. The Balaban J connectivity index is 1.33. The number of anilines is 1. The van der Waals surface area contributed by atoms with Crippen molar-refractivity contribution in [2.45, 2.75) is 36.9 Å². The minimum absolute atomic E-state index is 0.0171. The number of nitrogens with one attached hydrogen (secondary N) is 2. The molecule has 1 fully saturated rings. The molecule has 178 valence electrons. The van der Waals surface area contributed by atoms with Crippen molar-refractivity contribution in [1.82, 2.24) is 14.6 Å². The molecule has 2 unspecified atom stereocenters. The van der Waals surface area contributed by atoms with E-state index in [4.69, 9.17) is 0 Å². The smallest absolute Gasteiger partial charge is 0.269 e. The van der Waals surface area contributed by atoms with Gasteiger partial charge in [-0.05, 0) is 36.6 Å². The molecule has 1 aromatic heterocycles. The van der Waals surface area contributed by atoms with Crippen molar-refractivity contribution in [3.63, 3.8) is 0 Å². The molecule has 1 saturated heterocycles. The molecular weight excluding hydrogens is 454 g/mol. The summed E-state index contributed by atoms with van der Waals surface area (Å²) in [6.45, 7) is 3.93. The number of rotatable bonds is 9. The van der Waals surface area contributed by atoms with Gasteiger partial charge in [0, 0.05) is 50.0 Å². The summed E-state index contributed by atoms with van der Waals surface area (Å²) >= 11 is 0. The molecule has 2 aromatic carbocycles. The van der Waals surface area contributed by atoms with E-state index in [1.54, 1.807) is 18.2 Å². The molecule has 9 nitrogen and oxygen atoms in total. The number of likely N-dealkylation sites (tertiary alicyclic amines) is 1. The zero-order valence-electron chi connectivity index (χ0n) is 18.8. The van der Waals surface area contributed by atoms with Gasteiger partial charge in [0.05, 0.1) is 4.92 Å². The van der Waals surface area contributed by atoms with Crippen LogP contribution in [0.4, 0.5) is 11.5 Å². The molecule has 0 amide bonds. The van der Waals surface area contributed by atoms with Gasteiger partial charge in [-0.15, -0.1) is 0 Å². The van der Waals surface area contributed by atoms with Crippen molar-refractivity contribution < 1.29 is 13.3 Å². The van der Waals surface area contributed by atoms with Gasteiger partial charge in [-0.25, -0.2) is 18.1 Å². The molecule has 1 aliphatic heterocycles. The molecule has 2 N–H and O–H groups in total. The Kier molecular flexibility index (Phi) is 7.20. The lowest BCUT2D eigenvalue weighted by Gasteiger charge is -2.24. The Morgan fingerprint density at radius 1 is 1.15 bits per heavy atom. The molecule has 10 heteroatoms. The highest BCUT2D eigenvalue weighted by Gasteiger charge is 2.30. The van der Waals surface area contributed by atoms with E-state index in [-0.39, 0.29) is 22.7 Å². The third kappa shape index (κ3) is 5.77. The number of benzene rings is 2. The molecule has 1 aliphatic rings. The van der Waals surface area contributed by atoms with E-state index in [1.165, 1.54) is 30.0 Å². The monoisotopic (exact) mass is 481 g/mol. The summed E-state index contributed by atoms with van der Waals surface area (Å²) in [7, 11) is -3.70. The Labute approximate surface area is 199 Å². The van der Waals surface area contributed by atoms with Gasteiger partial charge in [0.25, 0.3) is 5.69 Å². The summed E-state index contributed by atoms with van der Waals surface area (Å²) < 4.78 is 28.6. The van der Waals surface area contributed by atoms with Gasteiger partial charge in [-0.2, -0.15) is 0 Å². The molecule has 3 aromatic rings. The number of nitro benzene ring substituents is 1. The lowest BCUT2D eigenvalue weighted by atomic mass is 10.1. The number of nitrogens with zero attached hydrogens (tertiary/aromatic N) is 3. The van der Waals surface area contributed by atoms with E-state index in [0.717, 1.165) is 18.5 Å². The van der Waals surface area contributed by atoms with Crippen LogP contribution >= 0.6 is 0 Å². The summed E-state index contributed by atoms with van der Waals surface area (Å²) in [5.74, 6) is 0.481. The van der Waals surface area contributed by atoms with Crippen molar-refractivity contribution in [2.75, 3.05) is 18.4 Å². The van der Waals surface area contributed by atoms with Gasteiger partial charge < -0.3 is 5.32 Å². The lowest BCUT2D eigenvalue weighted by molar-refractivity contribution is -0.384. The second-order valence-electron chi connectivity index (χ2n) is 8.35. The predicted octanol–water partition coefficient (Wildman–Crippen LogP) is 3.72. The normalized spacial score (nSPS) is 17.4. The summed E-state index contributed by atoms with van der Waals surface area (Å²) in [5, 5.41) is 14.0. The Morgan fingerprint density at radius 2 is 1.94 bits per heavy atom. The van der Waals surface area contributed by atoms with Crippen LogP contribution in [0.1, 0.15) is 30.5 Å². The second-order valence-corrected chi connectivity index (χ2v) is 10.1.